The molecule has 0 aromatic heterocycles. The zero-order valence-corrected chi connectivity index (χ0v) is 10.6. The van der Waals surface area contributed by atoms with Gasteiger partial charge in [-0.25, -0.2) is 0 Å². The molecule has 0 radical (unpaired) electrons. The summed E-state index contributed by atoms with van der Waals surface area (Å²) in [4.78, 5) is 12.3. The molecule has 1 aromatic rings. The van der Waals surface area contributed by atoms with E-state index in [2.05, 4.69) is 19.9 Å². The average Bonchev–Trinajstić information content (AvgIpc) is 2.39. The van der Waals surface area contributed by atoms with Crippen molar-refractivity contribution in [2.75, 3.05) is 13.2 Å². The zero-order valence-electron chi connectivity index (χ0n) is 10.6. The number of hydrogen-bond acceptors (Lipinski definition) is 2. The van der Waals surface area contributed by atoms with Crippen LogP contribution in [0.4, 0.5) is 0 Å². The first-order chi connectivity index (χ1) is 8.18. The van der Waals surface area contributed by atoms with Gasteiger partial charge in [-0.05, 0) is 30.4 Å². The highest BCUT2D eigenvalue weighted by molar-refractivity contribution is 5.98. The molecule has 0 aliphatic carbocycles. The summed E-state index contributed by atoms with van der Waals surface area (Å²) in [7, 11) is 0. The van der Waals surface area contributed by atoms with Crippen LogP contribution in [0.5, 0.6) is 0 Å². The predicted molar refractivity (Wildman–Crippen MR) is 68.4 cm³/mol. The maximum atomic E-state index is 12.3. The van der Waals surface area contributed by atoms with E-state index in [4.69, 9.17) is 4.74 Å². The van der Waals surface area contributed by atoms with Crippen molar-refractivity contribution in [1.82, 2.24) is 0 Å². The van der Waals surface area contributed by atoms with Gasteiger partial charge in [0, 0.05) is 24.7 Å². The Bertz CT molecular complexity index is 390. The predicted octanol–water partition coefficient (Wildman–Crippen LogP) is 3.42. The topological polar surface area (TPSA) is 26.3 Å². The fraction of sp³-hybridized carbons (Fsp3) is 0.533. The third-order valence-electron chi connectivity index (χ3n) is 3.43. The number of rotatable bonds is 3. The van der Waals surface area contributed by atoms with Crippen LogP contribution in [0.25, 0.3) is 0 Å². The Morgan fingerprint density at radius 2 is 2.00 bits per heavy atom. The molecule has 0 amide bonds. The third-order valence-corrected chi connectivity index (χ3v) is 3.43. The molecule has 1 aliphatic heterocycles. The zero-order chi connectivity index (χ0) is 12.3. The monoisotopic (exact) mass is 232 g/mol. The molecule has 1 aromatic carbocycles. The lowest BCUT2D eigenvalue weighted by Crippen LogP contribution is -2.23. The Hall–Kier alpha value is -1.15. The Kier molecular flexibility index (Phi) is 3.95. The third kappa shape index (κ3) is 2.95. The molecule has 1 aliphatic rings. The van der Waals surface area contributed by atoms with Crippen LogP contribution < -0.4 is 0 Å². The van der Waals surface area contributed by atoms with Gasteiger partial charge >= 0.3 is 0 Å². The second kappa shape index (κ2) is 5.46. The molecule has 0 spiro atoms. The average molecular weight is 232 g/mol. The van der Waals surface area contributed by atoms with Gasteiger partial charge in [-0.15, -0.1) is 0 Å². The van der Waals surface area contributed by atoms with E-state index < -0.39 is 0 Å². The smallest absolute Gasteiger partial charge is 0.166 e. The van der Waals surface area contributed by atoms with Gasteiger partial charge in [-0.1, -0.05) is 32.0 Å². The van der Waals surface area contributed by atoms with Gasteiger partial charge in [0.1, 0.15) is 0 Å². The van der Waals surface area contributed by atoms with Crippen LogP contribution in [-0.2, 0) is 4.74 Å². The van der Waals surface area contributed by atoms with Crippen molar-refractivity contribution in [3.05, 3.63) is 35.4 Å². The Morgan fingerprint density at radius 3 is 2.65 bits per heavy atom. The minimum atomic E-state index is 0.158. The molecule has 1 heterocycles. The van der Waals surface area contributed by atoms with Gasteiger partial charge < -0.3 is 4.74 Å². The number of hydrogen-bond donors (Lipinski definition) is 0. The Labute approximate surface area is 103 Å². The van der Waals surface area contributed by atoms with Crippen LogP contribution in [0, 0.1) is 5.92 Å². The van der Waals surface area contributed by atoms with Gasteiger partial charge in [-0.2, -0.15) is 0 Å². The molecule has 17 heavy (non-hydrogen) atoms. The molecule has 0 bridgehead atoms. The van der Waals surface area contributed by atoms with Crippen LogP contribution in [0.3, 0.4) is 0 Å². The number of carbonyl (C=O) groups is 1. The van der Waals surface area contributed by atoms with Crippen molar-refractivity contribution >= 4 is 5.78 Å². The van der Waals surface area contributed by atoms with Crippen molar-refractivity contribution in [3.8, 4) is 0 Å². The first-order valence-electron chi connectivity index (χ1n) is 6.40. The number of benzene rings is 1. The summed E-state index contributed by atoms with van der Waals surface area (Å²) in [6.07, 6.45) is 1.73. The lowest BCUT2D eigenvalue weighted by Gasteiger charge is -2.21. The molecule has 2 rings (SSSR count). The van der Waals surface area contributed by atoms with Crippen LogP contribution >= 0.6 is 0 Å². The summed E-state index contributed by atoms with van der Waals surface area (Å²) < 4.78 is 5.30. The number of ketones is 1. The highest BCUT2D eigenvalue weighted by atomic mass is 16.5. The van der Waals surface area contributed by atoms with Crippen molar-refractivity contribution in [3.63, 3.8) is 0 Å². The first-order valence-corrected chi connectivity index (χ1v) is 6.40. The highest BCUT2D eigenvalue weighted by Gasteiger charge is 2.22. The molecule has 0 unspecified atom stereocenters. The van der Waals surface area contributed by atoms with Crippen molar-refractivity contribution < 1.29 is 9.53 Å². The molecule has 2 heteroatoms. The standard InChI is InChI=1S/C15H20O2/c1-11(2)13-4-3-5-14(10-13)15(16)12-6-8-17-9-7-12/h3-5,10-12H,6-9H2,1-2H3. The van der Waals surface area contributed by atoms with Crippen LogP contribution in [0.2, 0.25) is 0 Å². The minimum Gasteiger partial charge on any atom is -0.381 e. The van der Waals surface area contributed by atoms with Crippen molar-refractivity contribution in [2.24, 2.45) is 5.92 Å². The number of carbonyl (C=O) groups excluding carboxylic acids is 1. The van der Waals surface area contributed by atoms with E-state index in [1.54, 1.807) is 0 Å². The van der Waals surface area contributed by atoms with Gasteiger partial charge in [0.15, 0.2) is 5.78 Å². The second-order valence-corrected chi connectivity index (χ2v) is 5.03. The summed E-state index contributed by atoms with van der Waals surface area (Å²) >= 11 is 0. The molecule has 2 nitrogen and oxygen atoms in total. The van der Waals surface area contributed by atoms with Gasteiger partial charge in [0.05, 0.1) is 0 Å². The normalized spacial score (nSPS) is 17.4. The lowest BCUT2D eigenvalue weighted by molar-refractivity contribution is 0.0545. The largest absolute Gasteiger partial charge is 0.381 e. The maximum absolute atomic E-state index is 12.3. The molecule has 92 valence electrons. The van der Waals surface area contributed by atoms with E-state index in [9.17, 15) is 4.79 Å². The Morgan fingerprint density at radius 1 is 1.29 bits per heavy atom. The molecular weight excluding hydrogens is 212 g/mol. The van der Waals surface area contributed by atoms with Crippen LogP contribution in [0.1, 0.15) is 48.5 Å². The summed E-state index contributed by atoms with van der Waals surface area (Å²) in [6, 6.07) is 8.06. The van der Waals surface area contributed by atoms with E-state index >= 15 is 0 Å². The molecule has 0 saturated carbocycles. The van der Waals surface area contributed by atoms with E-state index in [-0.39, 0.29) is 11.7 Å². The second-order valence-electron chi connectivity index (χ2n) is 5.03. The van der Waals surface area contributed by atoms with Gasteiger partial charge in [-0.3, -0.25) is 4.79 Å². The molecule has 1 saturated heterocycles. The van der Waals surface area contributed by atoms with Gasteiger partial charge in [0.25, 0.3) is 0 Å². The fourth-order valence-electron chi connectivity index (χ4n) is 2.25. The van der Waals surface area contributed by atoms with Gasteiger partial charge in [0.2, 0.25) is 0 Å². The van der Waals surface area contributed by atoms with E-state index in [0.717, 1.165) is 31.6 Å². The molecular formula is C15H20O2. The number of Topliss-reactive ketones (excluding diaryl/α,β-unsaturated/α-hetero) is 1. The quantitative estimate of drug-likeness (QED) is 0.746. The van der Waals surface area contributed by atoms with Crippen LogP contribution in [0.15, 0.2) is 24.3 Å². The molecule has 0 atom stereocenters. The van der Waals surface area contributed by atoms with Crippen molar-refractivity contribution in [2.45, 2.75) is 32.6 Å². The fourth-order valence-corrected chi connectivity index (χ4v) is 2.25. The number of ether oxygens (including phenoxy) is 1. The van der Waals surface area contributed by atoms with E-state index in [0.29, 0.717) is 5.92 Å². The van der Waals surface area contributed by atoms with Crippen molar-refractivity contribution in [1.29, 1.82) is 0 Å². The Balaban J connectivity index is 2.15. The van der Waals surface area contributed by atoms with E-state index in [1.165, 1.54) is 5.56 Å². The summed E-state index contributed by atoms with van der Waals surface area (Å²) in [5.74, 6) is 0.916. The summed E-state index contributed by atoms with van der Waals surface area (Å²) in [6.45, 7) is 5.75. The summed E-state index contributed by atoms with van der Waals surface area (Å²) in [5.41, 5.74) is 2.10. The molecule has 1 fully saturated rings. The highest BCUT2D eigenvalue weighted by Crippen LogP contribution is 2.22. The minimum absolute atomic E-state index is 0.158. The first kappa shape index (κ1) is 12.3. The lowest BCUT2D eigenvalue weighted by atomic mass is 9.89. The maximum Gasteiger partial charge on any atom is 0.166 e. The SMILES string of the molecule is CC(C)c1cccc(C(=O)C2CCOCC2)c1. The van der Waals surface area contributed by atoms with E-state index in [1.807, 2.05) is 18.2 Å². The van der Waals surface area contributed by atoms with Crippen LogP contribution in [-0.4, -0.2) is 19.0 Å². The molecule has 0 N–H and O–H groups in total. The summed E-state index contributed by atoms with van der Waals surface area (Å²) in [5, 5.41) is 0.